The number of carbonyl (C=O) groups is 2. The van der Waals surface area contributed by atoms with Crippen LogP contribution in [0.25, 0.3) is 0 Å². The lowest BCUT2D eigenvalue weighted by atomic mass is 9.51. The van der Waals surface area contributed by atoms with Gasteiger partial charge in [0.2, 0.25) is 0 Å². The highest BCUT2D eigenvalue weighted by molar-refractivity contribution is 5.68. The van der Waals surface area contributed by atoms with E-state index in [1.165, 1.54) is 0 Å². The Balaban J connectivity index is 2.43. The smallest absolute Gasteiger partial charge is 0.303 e. The molecule has 34 heavy (non-hydrogen) atoms. The molecule has 0 spiro atoms. The minimum Gasteiger partial charge on any atom is -0.481 e. The van der Waals surface area contributed by atoms with Gasteiger partial charge in [0, 0.05) is 28.6 Å². The number of hydrogen-bond acceptors (Lipinski definition) is 4. The molecule has 0 unspecified atom stereocenters. The van der Waals surface area contributed by atoms with Crippen molar-refractivity contribution in [3.8, 4) is 0 Å². The molecule has 2 rings (SSSR count). The summed E-state index contributed by atoms with van der Waals surface area (Å²) >= 11 is 0. The summed E-state index contributed by atoms with van der Waals surface area (Å²) in [5.74, 6) is -0.778. The molecule has 0 bridgehead atoms. The molecule has 2 heterocycles. The Morgan fingerprint density at radius 1 is 0.676 bits per heavy atom. The highest BCUT2D eigenvalue weighted by Crippen LogP contribution is 2.56. The van der Waals surface area contributed by atoms with Gasteiger partial charge in [0.05, 0.1) is 6.42 Å². The summed E-state index contributed by atoms with van der Waals surface area (Å²) in [6.45, 7) is 18.1. The molecule has 2 aliphatic rings. The average molecular weight is 481 g/mol. The van der Waals surface area contributed by atoms with Gasteiger partial charge in [0.1, 0.15) is 0 Å². The molecule has 6 heteroatoms. The number of rotatable bonds is 11. The quantitative estimate of drug-likeness (QED) is 0.271. The van der Waals surface area contributed by atoms with Gasteiger partial charge in [-0.05, 0) is 111 Å². The van der Waals surface area contributed by atoms with Gasteiger partial charge in [0.25, 0.3) is 0 Å². The van der Waals surface area contributed by atoms with E-state index in [-0.39, 0.29) is 40.4 Å². The Morgan fingerprint density at radius 3 is 1.41 bits per heavy atom. The lowest BCUT2D eigenvalue weighted by Crippen LogP contribution is -2.64. The molecule has 198 valence electrons. The first-order chi connectivity index (χ1) is 15.4. The fourth-order valence-corrected chi connectivity index (χ4v) is 7.94. The zero-order valence-electron chi connectivity index (χ0n) is 23.1. The zero-order valence-corrected chi connectivity index (χ0v) is 23.1. The second-order valence-electron chi connectivity index (χ2n) is 14.1. The number of hydrogen-bond donors (Lipinski definition) is 4. The van der Waals surface area contributed by atoms with Crippen molar-refractivity contribution in [3.63, 3.8) is 0 Å². The van der Waals surface area contributed by atoms with Crippen molar-refractivity contribution in [1.29, 1.82) is 0 Å². The van der Waals surface area contributed by atoms with E-state index in [0.717, 1.165) is 51.4 Å². The zero-order chi connectivity index (χ0) is 26.0. The SMILES string of the molecule is CC1(C)CC(C(CCCCCCC(=O)O)(CC(=O)O)C2CC(C)(C)NC(C)(C)C2)CC(C)(C)N1. The normalized spacial score (nSPS) is 24.6. The van der Waals surface area contributed by atoms with E-state index in [1.54, 1.807) is 0 Å². The molecular formula is C28H52N2O4. The van der Waals surface area contributed by atoms with E-state index < -0.39 is 11.9 Å². The molecule has 0 aromatic rings. The minimum atomic E-state index is -0.737. The van der Waals surface area contributed by atoms with Gasteiger partial charge in [-0.2, -0.15) is 0 Å². The molecule has 0 amide bonds. The number of unbranched alkanes of at least 4 members (excludes halogenated alkanes) is 3. The topological polar surface area (TPSA) is 98.7 Å². The van der Waals surface area contributed by atoms with Crippen molar-refractivity contribution in [2.24, 2.45) is 17.3 Å². The Labute approximate surface area is 208 Å². The highest BCUT2D eigenvalue weighted by atomic mass is 16.4. The van der Waals surface area contributed by atoms with Crippen molar-refractivity contribution < 1.29 is 19.8 Å². The molecule has 6 nitrogen and oxygen atoms in total. The summed E-state index contributed by atoms with van der Waals surface area (Å²) < 4.78 is 0. The largest absolute Gasteiger partial charge is 0.481 e. The van der Waals surface area contributed by atoms with Crippen LogP contribution < -0.4 is 10.6 Å². The monoisotopic (exact) mass is 480 g/mol. The maximum Gasteiger partial charge on any atom is 0.303 e. The van der Waals surface area contributed by atoms with Crippen molar-refractivity contribution >= 4 is 11.9 Å². The molecule has 0 aromatic carbocycles. The summed E-state index contributed by atoms with van der Waals surface area (Å²) in [6, 6.07) is 0. The van der Waals surface area contributed by atoms with Crippen LogP contribution in [0.15, 0.2) is 0 Å². The molecule has 0 aliphatic carbocycles. The molecule has 4 N–H and O–H groups in total. The first-order valence-electron chi connectivity index (χ1n) is 13.4. The van der Waals surface area contributed by atoms with Crippen LogP contribution in [-0.2, 0) is 9.59 Å². The summed E-state index contributed by atoms with van der Waals surface area (Å²) in [4.78, 5) is 23.4. The fourth-order valence-electron chi connectivity index (χ4n) is 7.94. The predicted molar refractivity (Wildman–Crippen MR) is 138 cm³/mol. The third-order valence-corrected chi connectivity index (χ3v) is 8.27. The van der Waals surface area contributed by atoms with Crippen molar-refractivity contribution in [3.05, 3.63) is 0 Å². The van der Waals surface area contributed by atoms with Crippen molar-refractivity contribution in [2.45, 2.75) is 148 Å². The van der Waals surface area contributed by atoms with Crippen molar-refractivity contribution in [1.82, 2.24) is 10.6 Å². The maximum atomic E-state index is 12.5. The highest BCUT2D eigenvalue weighted by Gasteiger charge is 2.55. The van der Waals surface area contributed by atoms with Gasteiger partial charge < -0.3 is 20.8 Å². The van der Waals surface area contributed by atoms with Crippen LogP contribution in [0.2, 0.25) is 0 Å². The van der Waals surface area contributed by atoms with Crippen LogP contribution >= 0.6 is 0 Å². The van der Waals surface area contributed by atoms with Crippen LogP contribution in [0, 0.1) is 17.3 Å². The molecule has 0 radical (unpaired) electrons. The average Bonchev–Trinajstić information content (AvgIpc) is 2.57. The molecule has 0 aromatic heterocycles. The van der Waals surface area contributed by atoms with Gasteiger partial charge >= 0.3 is 11.9 Å². The summed E-state index contributed by atoms with van der Waals surface area (Å²) in [6.07, 6.45) is 8.77. The van der Waals surface area contributed by atoms with Crippen LogP contribution in [0.1, 0.15) is 126 Å². The Kier molecular flexibility index (Phi) is 8.95. The molecule has 2 aliphatic heterocycles. The molecule has 2 fully saturated rings. The standard InChI is InChI=1S/C28H52N2O4/c1-24(2)15-20(16-25(3,4)29-24)28(19-23(33)34,14-12-10-9-11-13-22(31)32)21-17-26(5,6)30-27(7,8)18-21/h20-21,29-30H,9-19H2,1-8H3,(H,31,32)(H,33,34). The lowest BCUT2D eigenvalue weighted by molar-refractivity contribution is -0.147. The van der Waals surface area contributed by atoms with Crippen LogP contribution in [0.4, 0.5) is 0 Å². The molecule has 0 atom stereocenters. The predicted octanol–water partition coefficient (Wildman–Crippen LogP) is 5.99. The first-order valence-corrected chi connectivity index (χ1v) is 13.4. The third kappa shape index (κ3) is 8.22. The van der Waals surface area contributed by atoms with Crippen LogP contribution in [0.3, 0.4) is 0 Å². The van der Waals surface area contributed by atoms with Crippen molar-refractivity contribution in [2.75, 3.05) is 0 Å². The summed E-state index contributed by atoms with van der Waals surface area (Å²) in [7, 11) is 0. The summed E-state index contributed by atoms with van der Waals surface area (Å²) in [5.41, 5.74) is -0.456. The van der Waals surface area contributed by atoms with E-state index >= 15 is 0 Å². The fraction of sp³-hybridized carbons (Fsp3) is 0.929. The third-order valence-electron chi connectivity index (χ3n) is 8.27. The number of piperidine rings is 2. The first kappa shape index (κ1) is 29.1. The number of carboxylic acids is 2. The van der Waals surface area contributed by atoms with Gasteiger partial charge in [0.15, 0.2) is 0 Å². The van der Waals surface area contributed by atoms with Gasteiger partial charge in [-0.3, -0.25) is 9.59 Å². The minimum absolute atomic E-state index is 0.0460. The maximum absolute atomic E-state index is 12.5. The number of nitrogens with one attached hydrogen (secondary N) is 2. The molecular weight excluding hydrogens is 428 g/mol. The van der Waals surface area contributed by atoms with E-state index in [1.807, 2.05) is 0 Å². The van der Waals surface area contributed by atoms with E-state index in [0.29, 0.717) is 18.3 Å². The number of carboxylic acid groups (broad SMARTS) is 2. The van der Waals surface area contributed by atoms with E-state index in [4.69, 9.17) is 5.11 Å². The van der Waals surface area contributed by atoms with E-state index in [9.17, 15) is 14.7 Å². The Bertz CT molecular complexity index is 656. The van der Waals surface area contributed by atoms with Gasteiger partial charge in [-0.1, -0.05) is 19.3 Å². The lowest BCUT2D eigenvalue weighted by Gasteiger charge is -2.59. The van der Waals surface area contributed by atoms with Gasteiger partial charge in [-0.25, -0.2) is 0 Å². The van der Waals surface area contributed by atoms with Gasteiger partial charge in [-0.15, -0.1) is 0 Å². The van der Waals surface area contributed by atoms with E-state index in [2.05, 4.69) is 66.0 Å². The van der Waals surface area contributed by atoms with Crippen LogP contribution in [0.5, 0.6) is 0 Å². The van der Waals surface area contributed by atoms with Crippen LogP contribution in [-0.4, -0.2) is 44.3 Å². The second kappa shape index (κ2) is 10.5. The molecule has 2 saturated heterocycles. The number of aliphatic carboxylic acids is 2. The molecule has 0 saturated carbocycles. The summed E-state index contributed by atoms with van der Waals surface area (Å²) in [5, 5.41) is 26.8. The Morgan fingerprint density at radius 2 is 1.06 bits per heavy atom. The second-order valence-corrected chi connectivity index (χ2v) is 14.1. The Hall–Kier alpha value is -1.14.